The van der Waals surface area contributed by atoms with E-state index in [1.807, 2.05) is 38.1 Å². The van der Waals surface area contributed by atoms with E-state index in [2.05, 4.69) is 15.5 Å². The Balaban J connectivity index is 1.79. The Kier molecular flexibility index (Phi) is 5.26. The van der Waals surface area contributed by atoms with Gasteiger partial charge >= 0.3 is 0 Å². The molecular weight excluding hydrogens is 332 g/mol. The molecular formula is C19H20N4O3. The number of carbonyl (C=O) groups excluding carboxylic acids is 1. The van der Waals surface area contributed by atoms with Crippen LogP contribution < -0.4 is 10.9 Å². The summed E-state index contributed by atoms with van der Waals surface area (Å²) >= 11 is 0. The Morgan fingerprint density at radius 3 is 2.69 bits per heavy atom. The van der Waals surface area contributed by atoms with E-state index in [0.29, 0.717) is 23.7 Å². The van der Waals surface area contributed by atoms with Crippen molar-refractivity contribution in [3.05, 3.63) is 64.3 Å². The largest absolute Gasteiger partial charge is 0.334 e. The first-order valence-corrected chi connectivity index (χ1v) is 8.52. The summed E-state index contributed by atoms with van der Waals surface area (Å²) in [4.78, 5) is 28.7. The highest BCUT2D eigenvalue weighted by atomic mass is 16.5. The fraction of sp³-hybridized carbons (Fsp3) is 0.263. The van der Waals surface area contributed by atoms with Gasteiger partial charge in [0.15, 0.2) is 5.82 Å². The van der Waals surface area contributed by atoms with Gasteiger partial charge in [0.05, 0.1) is 5.56 Å². The Hall–Kier alpha value is -3.22. The van der Waals surface area contributed by atoms with Gasteiger partial charge in [0, 0.05) is 24.4 Å². The zero-order chi connectivity index (χ0) is 18.5. The highest BCUT2D eigenvalue weighted by Crippen LogP contribution is 2.17. The number of pyridine rings is 1. The molecule has 1 aromatic carbocycles. The lowest BCUT2D eigenvalue weighted by atomic mass is 10.1. The van der Waals surface area contributed by atoms with Crippen LogP contribution >= 0.6 is 0 Å². The number of rotatable bonds is 6. The number of nitrogens with one attached hydrogen (secondary N) is 1. The molecule has 2 heterocycles. The molecule has 1 N–H and O–H groups in total. The second-order valence-corrected chi connectivity index (χ2v) is 5.81. The molecule has 0 saturated carbocycles. The quantitative estimate of drug-likeness (QED) is 0.736. The molecule has 0 saturated heterocycles. The fourth-order valence-corrected chi connectivity index (χ4v) is 2.59. The fourth-order valence-electron chi connectivity index (χ4n) is 2.59. The maximum atomic E-state index is 12.4. The molecule has 0 aliphatic carbocycles. The van der Waals surface area contributed by atoms with E-state index in [0.717, 1.165) is 17.7 Å². The predicted octanol–water partition coefficient (Wildman–Crippen LogP) is 2.66. The van der Waals surface area contributed by atoms with E-state index in [-0.39, 0.29) is 18.0 Å². The lowest BCUT2D eigenvalue weighted by Gasteiger charge is -2.11. The lowest BCUT2D eigenvalue weighted by molar-refractivity contribution is -0.116. The van der Waals surface area contributed by atoms with Crippen molar-refractivity contribution in [2.75, 3.05) is 5.32 Å². The summed E-state index contributed by atoms with van der Waals surface area (Å²) in [5.74, 6) is 0.643. The van der Waals surface area contributed by atoms with Crippen molar-refractivity contribution < 1.29 is 9.32 Å². The van der Waals surface area contributed by atoms with Crippen LogP contribution in [0, 0.1) is 0 Å². The van der Waals surface area contributed by atoms with Gasteiger partial charge in [-0.1, -0.05) is 37.2 Å². The summed E-state index contributed by atoms with van der Waals surface area (Å²) in [5.41, 5.74) is 2.12. The average molecular weight is 352 g/mol. The van der Waals surface area contributed by atoms with Crippen molar-refractivity contribution in [2.24, 2.45) is 0 Å². The third-order valence-electron chi connectivity index (χ3n) is 4.00. The molecule has 3 aromatic rings. The highest BCUT2D eigenvalue weighted by molar-refractivity contribution is 5.91. The average Bonchev–Trinajstić information content (AvgIpc) is 3.13. The van der Waals surface area contributed by atoms with E-state index in [9.17, 15) is 9.59 Å². The Morgan fingerprint density at radius 1 is 1.15 bits per heavy atom. The predicted molar refractivity (Wildman–Crippen MR) is 97.8 cm³/mol. The number of carbonyl (C=O) groups is 1. The molecule has 0 radical (unpaired) electrons. The van der Waals surface area contributed by atoms with Gasteiger partial charge in [0.2, 0.25) is 5.91 Å². The van der Waals surface area contributed by atoms with E-state index < -0.39 is 0 Å². The Bertz CT molecular complexity index is 975. The van der Waals surface area contributed by atoms with Gasteiger partial charge in [0.1, 0.15) is 6.54 Å². The smallest absolute Gasteiger partial charge is 0.259 e. The molecule has 1 amide bonds. The number of nitrogens with zero attached hydrogens (tertiary/aromatic N) is 3. The molecule has 3 rings (SSSR count). The number of anilines is 1. The molecule has 0 fully saturated rings. The monoisotopic (exact) mass is 352 g/mol. The zero-order valence-electron chi connectivity index (χ0n) is 14.7. The van der Waals surface area contributed by atoms with Crippen LogP contribution in [-0.2, 0) is 24.2 Å². The zero-order valence-corrected chi connectivity index (χ0v) is 14.7. The summed E-state index contributed by atoms with van der Waals surface area (Å²) in [5, 5.41) is 6.71. The third kappa shape index (κ3) is 3.88. The molecule has 7 nitrogen and oxygen atoms in total. The lowest BCUT2D eigenvalue weighted by Crippen LogP contribution is -2.27. The highest BCUT2D eigenvalue weighted by Gasteiger charge is 2.12. The topological polar surface area (TPSA) is 90.0 Å². The van der Waals surface area contributed by atoms with E-state index in [1.165, 1.54) is 10.6 Å². The minimum absolute atomic E-state index is 0.0977. The number of aromatic nitrogens is 3. The first-order chi connectivity index (χ1) is 12.6. The van der Waals surface area contributed by atoms with Gasteiger partial charge in [-0.15, -0.1) is 0 Å². The van der Waals surface area contributed by atoms with Crippen molar-refractivity contribution in [2.45, 2.75) is 33.2 Å². The van der Waals surface area contributed by atoms with Crippen molar-refractivity contribution >= 4 is 11.6 Å². The summed E-state index contributed by atoms with van der Waals surface area (Å²) in [7, 11) is 0. The van der Waals surface area contributed by atoms with Gasteiger partial charge < -0.3 is 14.4 Å². The third-order valence-corrected chi connectivity index (χ3v) is 4.00. The molecule has 0 spiro atoms. The molecule has 7 heteroatoms. The first-order valence-electron chi connectivity index (χ1n) is 8.52. The van der Waals surface area contributed by atoms with Crippen LogP contribution in [0.2, 0.25) is 0 Å². The van der Waals surface area contributed by atoms with Crippen LogP contribution in [0.1, 0.15) is 25.2 Å². The van der Waals surface area contributed by atoms with Crippen molar-refractivity contribution in [3.8, 4) is 11.5 Å². The van der Waals surface area contributed by atoms with Crippen LogP contribution in [-0.4, -0.2) is 20.6 Å². The van der Waals surface area contributed by atoms with Crippen LogP contribution in [0.3, 0.4) is 0 Å². The van der Waals surface area contributed by atoms with Gasteiger partial charge in [-0.05, 0) is 24.1 Å². The molecule has 0 unspecified atom stereocenters. The van der Waals surface area contributed by atoms with Crippen molar-refractivity contribution in [1.29, 1.82) is 0 Å². The summed E-state index contributed by atoms with van der Waals surface area (Å²) < 4.78 is 6.52. The normalized spacial score (nSPS) is 10.7. The number of hydrogen-bond donors (Lipinski definition) is 1. The Morgan fingerprint density at radius 2 is 1.96 bits per heavy atom. The second kappa shape index (κ2) is 7.77. The summed E-state index contributed by atoms with van der Waals surface area (Å²) in [6.07, 6.45) is 3.02. The van der Waals surface area contributed by atoms with Gasteiger partial charge in [0.25, 0.3) is 11.4 Å². The SMILES string of the molecule is CCc1noc(-c2ccc(=O)n(CC(=O)Nc3ccccc3CC)c2)n1. The molecule has 134 valence electrons. The molecule has 0 aliphatic heterocycles. The van der Waals surface area contributed by atoms with Gasteiger partial charge in [-0.2, -0.15) is 4.98 Å². The maximum Gasteiger partial charge on any atom is 0.259 e. The van der Waals surface area contributed by atoms with Crippen molar-refractivity contribution in [1.82, 2.24) is 14.7 Å². The van der Waals surface area contributed by atoms with Crippen LogP contribution in [0.15, 0.2) is 51.9 Å². The Labute approximate surface area is 150 Å². The number of hydrogen-bond acceptors (Lipinski definition) is 5. The van der Waals surface area contributed by atoms with Gasteiger partial charge in [-0.3, -0.25) is 9.59 Å². The van der Waals surface area contributed by atoms with Gasteiger partial charge in [-0.25, -0.2) is 0 Å². The van der Waals surface area contributed by atoms with E-state index in [4.69, 9.17) is 4.52 Å². The van der Waals surface area contributed by atoms with Crippen LogP contribution in [0.25, 0.3) is 11.5 Å². The number of benzene rings is 1. The maximum absolute atomic E-state index is 12.4. The van der Waals surface area contributed by atoms with Crippen molar-refractivity contribution in [3.63, 3.8) is 0 Å². The number of para-hydroxylation sites is 1. The standard InChI is InChI=1S/C19H20N4O3/c1-3-13-7-5-6-8-15(13)20-17(24)12-23-11-14(9-10-18(23)25)19-21-16(4-2)22-26-19/h5-11H,3-4,12H2,1-2H3,(H,20,24). The number of amides is 1. The molecule has 0 bridgehead atoms. The summed E-state index contributed by atoms with van der Waals surface area (Å²) in [6.45, 7) is 3.85. The summed E-state index contributed by atoms with van der Waals surface area (Å²) in [6, 6.07) is 10.6. The van der Waals surface area contributed by atoms with E-state index >= 15 is 0 Å². The first kappa shape index (κ1) is 17.6. The molecule has 0 aliphatic rings. The minimum Gasteiger partial charge on any atom is -0.334 e. The van der Waals surface area contributed by atoms with E-state index in [1.54, 1.807) is 12.3 Å². The molecule has 2 aromatic heterocycles. The minimum atomic E-state index is -0.275. The van der Waals surface area contributed by atoms with Crippen LogP contribution in [0.4, 0.5) is 5.69 Å². The molecule has 0 atom stereocenters. The number of aryl methyl sites for hydroxylation is 2. The second-order valence-electron chi connectivity index (χ2n) is 5.81. The van der Waals surface area contributed by atoms with Crippen LogP contribution in [0.5, 0.6) is 0 Å². The molecule has 26 heavy (non-hydrogen) atoms.